The van der Waals surface area contributed by atoms with E-state index in [1.165, 1.54) is 27.2 Å². The van der Waals surface area contributed by atoms with E-state index in [0.717, 1.165) is 0 Å². The van der Waals surface area contributed by atoms with E-state index in [1.54, 1.807) is 19.1 Å². The Labute approximate surface area is 154 Å². The fourth-order valence-electron chi connectivity index (χ4n) is 3.06. The van der Waals surface area contributed by atoms with Gasteiger partial charge in [-0.25, -0.2) is 4.79 Å². The summed E-state index contributed by atoms with van der Waals surface area (Å²) in [5, 5.41) is 0. The second kappa shape index (κ2) is 7.14. The summed E-state index contributed by atoms with van der Waals surface area (Å²) in [6.45, 7) is 2.85. The standard InChI is InChI=1S/C19H18O8/c1-9-5-13-17(19(22)25-9)12(8-16(21)27-13)11-6-14(23-3)18(26-10(2)20)15(7-11)24-4/h5-7,12H,8H2,1-4H3/t12-/m1/s1. The quantitative estimate of drug-likeness (QED) is 0.594. The summed E-state index contributed by atoms with van der Waals surface area (Å²) in [5.74, 6) is -0.535. The topological polar surface area (TPSA) is 101 Å². The van der Waals surface area contributed by atoms with Gasteiger partial charge in [-0.05, 0) is 24.6 Å². The van der Waals surface area contributed by atoms with Gasteiger partial charge in [-0.15, -0.1) is 0 Å². The molecule has 8 heteroatoms. The number of hydrogen-bond acceptors (Lipinski definition) is 8. The molecule has 1 aliphatic heterocycles. The molecule has 0 radical (unpaired) electrons. The molecule has 0 saturated heterocycles. The average Bonchev–Trinajstić information content (AvgIpc) is 2.59. The fourth-order valence-corrected chi connectivity index (χ4v) is 3.06. The van der Waals surface area contributed by atoms with Gasteiger partial charge in [-0.2, -0.15) is 0 Å². The Hall–Kier alpha value is -3.29. The molecule has 27 heavy (non-hydrogen) atoms. The van der Waals surface area contributed by atoms with E-state index in [0.29, 0.717) is 11.3 Å². The SMILES string of the molecule is COc1cc([C@H]2CC(=O)Oc3cc(C)oc(=O)c32)cc(OC)c1OC(C)=O. The Morgan fingerprint density at radius 1 is 1.11 bits per heavy atom. The van der Waals surface area contributed by atoms with Crippen LogP contribution in [0, 0.1) is 6.92 Å². The number of ether oxygens (including phenoxy) is 4. The van der Waals surface area contributed by atoms with Crippen molar-refractivity contribution in [3.8, 4) is 23.0 Å². The lowest BCUT2D eigenvalue weighted by Gasteiger charge is -2.24. The molecule has 1 atom stereocenters. The Kier molecular flexibility index (Phi) is 4.89. The van der Waals surface area contributed by atoms with Crippen LogP contribution in [0.5, 0.6) is 23.0 Å². The summed E-state index contributed by atoms with van der Waals surface area (Å²) in [4.78, 5) is 35.8. The number of carbonyl (C=O) groups excluding carboxylic acids is 2. The zero-order valence-corrected chi connectivity index (χ0v) is 15.3. The maximum atomic E-state index is 12.4. The Morgan fingerprint density at radius 3 is 2.30 bits per heavy atom. The van der Waals surface area contributed by atoms with Gasteiger partial charge in [-0.1, -0.05) is 0 Å². The molecular weight excluding hydrogens is 356 g/mol. The largest absolute Gasteiger partial charge is 0.493 e. The molecule has 0 amide bonds. The van der Waals surface area contributed by atoms with Crippen molar-refractivity contribution in [2.75, 3.05) is 14.2 Å². The summed E-state index contributed by atoms with van der Waals surface area (Å²) in [6, 6.07) is 4.68. The van der Waals surface area contributed by atoms with Crippen LogP contribution >= 0.6 is 0 Å². The maximum Gasteiger partial charge on any atom is 0.343 e. The minimum Gasteiger partial charge on any atom is -0.493 e. The highest BCUT2D eigenvalue weighted by Gasteiger charge is 2.33. The van der Waals surface area contributed by atoms with Crippen LogP contribution in [0.2, 0.25) is 0 Å². The van der Waals surface area contributed by atoms with Crippen molar-refractivity contribution >= 4 is 11.9 Å². The number of benzene rings is 1. The number of carbonyl (C=O) groups is 2. The molecule has 2 aromatic rings. The molecule has 1 aliphatic rings. The number of fused-ring (bicyclic) bond motifs is 1. The van der Waals surface area contributed by atoms with Gasteiger partial charge in [0.2, 0.25) is 5.75 Å². The van der Waals surface area contributed by atoms with Gasteiger partial charge < -0.3 is 23.4 Å². The van der Waals surface area contributed by atoms with E-state index < -0.39 is 23.5 Å². The summed E-state index contributed by atoms with van der Waals surface area (Å²) >= 11 is 0. The predicted molar refractivity (Wildman–Crippen MR) is 92.7 cm³/mol. The first kappa shape index (κ1) is 18.5. The summed E-state index contributed by atoms with van der Waals surface area (Å²) in [6.07, 6.45) is -0.0555. The van der Waals surface area contributed by atoms with Gasteiger partial charge in [-0.3, -0.25) is 9.59 Å². The molecule has 142 valence electrons. The molecule has 0 saturated carbocycles. The van der Waals surface area contributed by atoms with Gasteiger partial charge in [0.05, 0.1) is 26.2 Å². The van der Waals surface area contributed by atoms with Gasteiger partial charge >= 0.3 is 17.6 Å². The minimum absolute atomic E-state index is 0.0555. The highest BCUT2D eigenvalue weighted by molar-refractivity contribution is 5.78. The zero-order chi connectivity index (χ0) is 19.7. The van der Waals surface area contributed by atoms with E-state index in [-0.39, 0.29) is 35.0 Å². The van der Waals surface area contributed by atoms with Crippen LogP contribution in [-0.4, -0.2) is 26.2 Å². The lowest BCUT2D eigenvalue weighted by molar-refractivity contribution is -0.135. The second-order valence-electron chi connectivity index (χ2n) is 6.00. The van der Waals surface area contributed by atoms with Gasteiger partial charge in [0.25, 0.3) is 0 Å². The zero-order valence-electron chi connectivity index (χ0n) is 15.3. The molecule has 0 unspecified atom stereocenters. The molecule has 3 rings (SSSR count). The lowest BCUT2D eigenvalue weighted by Crippen LogP contribution is -2.26. The number of hydrogen-bond donors (Lipinski definition) is 0. The molecule has 1 aromatic carbocycles. The Morgan fingerprint density at radius 2 is 1.74 bits per heavy atom. The fraction of sp³-hybridized carbons (Fsp3) is 0.316. The normalized spacial score (nSPS) is 15.6. The molecule has 0 aliphatic carbocycles. The molecule has 0 fully saturated rings. The van der Waals surface area contributed by atoms with Crippen molar-refractivity contribution in [3.63, 3.8) is 0 Å². The van der Waals surface area contributed by atoms with E-state index >= 15 is 0 Å². The first-order chi connectivity index (χ1) is 12.8. The van der Waals surface area contributed by atoms with E-state index in [1.807, 2.05) is 0 Å². The molecule has 0 spiro atoms. The molecule has 8 nitrogen and oxygen atoms in total. The second-order valence-corrected chi connectivity index (χ2v) is 6.00. The van der Waals surface area contributed by atoms with Crippen molar-refractivity contribution in [3.05, 3.63) is 45.5 Å². The van der Waals surface area contributed by atoms with E-state index in [9.17, 15) is 14.4 Å². The first-order valence-electron chi connectivity index (χ1n) is 8.13. The van der Waals surface area contributed by atoms with Gasteiger partial charge in [0, 0.05) is 18.9 Å². The lowest BCUT2D eigenvalue weighted by atomic mass is 9.87. The van der Waals surface area contributed by atoms with E-state index in [2.05, 4.69) is 0 Å². The van der Waals surface area contributed by atoms with Crippen LogP contribution in [0.3, 0.4) is 0 Å². The number of aryl methyl sites for hydroxylation is 1. The van der Waals surface area contributed by atoms with Crippen molar-refractivity contribution in [2.45, 2.75) is 26.2 Å². The minimum atomic E-state index is -0.618. The molecule has 0 bridgehead atoms. The Balaban J connectivity index is 2.19. The number of rotatable bonds is 4. The van der Waals surface area contributed by atoms with Crippen LogP contribution < -0.4 is 24.6 Å². The summed E-state index contributed by atoms with van der Waals surface area (Å²) in [7, 11) is 2.82. The van der Waals surface area contributed by atoms with Crippen LogP contribution in [0.25, 0.3) is 0 Å². The third-order valence-electron chi connectivity index (χ3n) is 4.15. The smallest absolute Gasteiger partial charge is 0.343 e. The molecule has 1 aromatic heterocycles. The third kappa shape index (κ3) is 3.51. The summed E-state index contributed by atoms with van der Waals surface area (Å²) in [5.41, 5.74) is 0.225. The van der Waals surface area contributed by atoms with Gasteiger partial charge in [0.15, 0.2) is 11.5 Å². The highest BCUT2D eigenvalue weighted by Crippen LogP contribution is 2.44. The first-order valence-corrected chi connectivity index (χ1v) is 8.13. The third-order valence-corrected chi connectivity index (χ3v) is 4.15. The van der Waals surface area contributed by atoms with Crippen molar-refractivity contribution in [1.29, 1.82) is 0 Å². The van der Waals surface area contributed by atoms with E-state index in [4.69, 9.17) is 23.4 Å². The van der Waals surface area contributed by atoms with Crippen LogP contribution in [-0.2, 0) is 9.59 Å². The van der Waals surface area contributed by atoms with Crippen LogP contribution in [0.4, 0.5) is 0 Å². The molecular formula is C19H18O8. The molecule has 0 N–H and O–H groups in total. The van der Waals surface area contributed by atoms with Crippen LogP contribution in [0.1, 0.15) is 36.1 Å². The molecule has 2 heterocycles. The number of esters is 2. The summed E-state index contributed by atoms with van der Waals surface area (Å²) < 4.78 is 26.2. The monoisotopic (exact) mass is 374 g/mol. The van der Waals surface area contributed by atoms with Crippen molar-refractivity contribution in [1.82, 2.24) is 0 Å². The maximum absolute atomic E-state index is 12.4. The van der Waals surface area contributed by atoms with Crippen molar-refractivity contribution < 1.29 is 33.0 Å². The number of methoxy groups -OCH3 is 2. The van der Waals surface area contributed by atoms with Crippen molar-refractivity contribution in [2.24, 2.45) is 0 Å². The predicted octanol–water partition coefficient (Wildman–Crippen LogP) is 2.33. The van der Waals surface area contributed by atoms with Gasteiger partial charge in [0.1, 0.15) is 11.5 Å². The Bertz CT molecular complexity index is 947. The van der Waals surface area contributed by atoms with Crippen LogP contribution in [0.15, 0.2) is 27.4 Å². The average molecular weight is 374 g/mol. The highest BCUT2D eigenvalue weighted by atomic mass is 16.6.